The van der Waals surface area contributed by atoms with E-state index in [-0.39, 0.29) is 16.1 Å². The van der Waals surface area contributed by atoms with Crippen molar-refractivity contribution in [1.82, 2.24) is 33.9 Å². The van der Waals surface area contributed by atoms with E-state index in [0.717, 1.165) is 22.9 Å². The molecule has 2 fully saturated rings. The Bertz CT molecular complexity index is 1840. The summed E-state index contributed by atoms with van der Waals surface area (Å²) in [5.41, 5.74) is 0.659. The third-order valence-electron chi connectivity index (χ3n) is 7.02. The molecule has 0 spiro atoms. The smallest absolute Gasteiger partial charge is 0.388 e. The maximum atomic E-state index is 12.9. The molecular weight excluding hydrogens is 587 g/mol. The predicted molar refractivity (Wildman–Crippen MR) is 150 cm³/mol. The Balaban J connectivity index is 1.28. The highest BCUT2D eigenvalue weighted by Crippen LogP contribution is 2.32. The Kier molecular flexibility index (Phi) is 7.09. The molecular formula is C27H26F3N9O3S. The van der Waals surface area contributed by atoms with Gasteiger partial charge in [-0.2, -0.15) is 19.0 Å². The van der Waals surface area contributed by atoms with Gasteiger partial charge in [0.1, 0.15) is 11.6 Å². The highest BCUT2D eigenvalue weighted by Gasteiger charge is 2.38. The molecule has 224 valence electrons. The zero-order chi connectivity index (χ0) is 30.4. The maximum Gasteiger partial charge on any atom is 0.504 e. The first-order valence-electron chi connectivity index (χ1n) is 13.4. The minimum Gasteiger partial charge on any atom is -0.388 e. The van der Waals surface area contributed by atoms with E-state index in [4.69, 9.17) is 0 Å². The van der Waals surface area contributed by atoms with Crippen molar-refractivity contribution < 1.29 is 26.7 Å². The number of pyridine rings is 1. The number of halogens is 3. The van der Waals surface area contributed by atoms with E-state index in [1.54, 1.807) is 19.1 Å². The van der Waals surface area contributed by atoms with Gasteiger partial charge in [0.15, 0.2) is 5.82 Å². The van der Waals surface area contributed by atoms with Gasteiger partial charge >= 0.3 is 6.30 Å². The first kappa shape index (κ1) is 28.6. The summed E-state index contributed by atoms with van der Waals surface area (Å²) in [6.07, 6.45) is 5.57. The molecule has 0 aromatic carbocycles. The molecule has 0 bridgehead atoms. The van der Waals surface area contributed by atoms with Crippen molar-refractivity contribution in [3.63, 3.8) is 0 Å². The molecule has 4 aromatic rings. The average molecular weight is 614 g/mol. The van der Waals surface area contributed by atoms with Gasteiger partial charge in [-0.15, -0.1) is 13.2 Å². The van der Waals surface area contributed by atoms with Crippen molar-refractivity contribution in [1.29, 1.82) is 0 Å². The van der Waals surface area contributed by atoms with E-state index >= 15 is 0 Å². The number of nitrogens with one attached hydrogen (secondary N) is 1. The molecule has 0 radical (unpaired) electrons. The molecule has 1 aliphatic carbocycles. The van der Waals surface area contributed by atoms with Gasteiger partial charge in [0, 0.05) is 37.7 Å². The van der Waals surface area contributed by atoms with Gasteiger partial charge in [0.25, 0.3) is 10.0 Å². The van der Waals surface area contributed by atoms with Crippen LogP contribution in [0.2, 0.25) is 0 Å². The third-order valence-corrected chi connectivity index (χ3v) is 9.05. The molecule has 43 heavy (non-hydrogen) atoms. The maximum absolute atomic E-state index is 12.9. The Morgan fingerprint density at radius 2 is 1.91 bits per heavy atom. The molecule has 0 amide bonds. The minimum atomic E-state index is -4.64. The number of anilines is 3. The fourth-order valence-corrected chi connectivity index (χ4v) is 6.22. The highest BCUT2D eigenvalue weighted by atomic mass is 32.2. The molecule has 0 unspecified atom stereocenters. The number of hydrogen-bond donors (Lipinski definition) is 2. The zero-order valence-electron chi connectivity index (χ0n) is 22.8. The summed E-state index contributed by atoms with van der Waals surface area (Å²) in [5, 5.41) is 20.7. The lowest BCUT2D eigenvalue weighted by Gasteiger charge is -2.38. The molecule has 5 heterocycles. The van der Waals surface area contributed by atoms with Crippen molar-refractivity contribution in [2.45, 2.75) is 49.8 Å². The number of nitrogens with zero attached hydrogens (tertiary/aromatic N) is 8. The first-order valence-corrected chi connectivity index (χ1v) is 14.9. The van der Waals surface area contributed by atoms with Crippen LogP contribution in [0.3, 0.4) is 0 Å². The summed E-state index contributed by atoms with van der Waals surface area (Å²) in [6.45, 7) is 2.70. The van der Waals surface area contributed by atoms with Crippen LogP contribution in [0, 0.1) is 11.8 Å². The molecule has 12 nitrogen and oxygen atoms in total. The van der Waals surface area contributed by atoms with E-state index in [1.165, 1.54) is 24.8 Å². The Morgan fingerprint density at radius 1 is 1.09 bits per heavy atom. The van der Waals surface area contributed by atoms with Crippen molar-refractivity contribution in [3.8, 4) is 23.2 Å². The fraction of sp³-hybridized carbons (Fsp3) is 0.370. The van der Waals surface area contributed by atoms with Crippen LogP contribution in [-0.4, -0.2) is 71.4 Å². The quantitative estimate of drug-likeness (QED) is 0.311. The SMILES string of the molecule is C[C@]1(O)CCCN(c2cc(Nc3ccnc(-c4cnn(S(=O)(=O)C5CC5)c4)n3)ncc2C#Cc2cnn(C(F)(F)F)c2)C1. The molecule has 1 saturated carbocycles. The van der Waals surface area contributed by atoms with Gasteiger partial charge < -0.3 is 15.3 Å². The molecule has 1 aliphatic heterocycles. The van der Waals surface area contributed by atoms with Crippen molar-refractivity contribution in [2.75, 3.05) is 23.3 Å². The normalized spacial score (nSPS) is 19.1. The van der Waals surface area contributed by atoms with Crippen LogP contribution >= 0.6 is 0 Å². The number of rotatable bonds is 6. The van der Waals surface area contributed by atoms with Gasteiger partial charge in [-0.1, -0.05) is 11.8 Å². The van der Waals surface area contributed by atoms with E-state index in [2.05, 4.69) is 42.3 Å². The van der Waals surface area contributed by atoms with Gasteiger partial charge in [0.2, 0.25) is 0 Å². The van der Waals surface area contributed by atoms with E-state index in [0.29, 0.717) is 60.8 Å². The van der Waals surface area contributed by atoms with Gasteiger partial charge in [-0.3, -0.25) is 0 Å². The van der Waals surface area contributed by atoms with Gasteiger partial charge in [-0.25, -0.2) is 23.4 Å². The van der Waals surface area contributed by atoms with Crippen LogP contribution in [0.25, 0.3) is 11.4 Å². The lowest BCUT2D eigenvalue weighted by Crippen LogP contribution is -2.46. The number of aliphatic hydroxyl groups is 1. The number of aromatic nitrogens is 7. The predicted octanol–water partition coefficient (Wildman–Crippen LogP) is 3.24. The molecule has 16 heteroatoms. The van der Waals surface area contributed by atoms with E-state index < -0.39 is 27.2 Å². The molecule has 2 aliphatic rings. The molecule has 4 aromatic heterocycles. The summed E-state index contributed by atoms with van der Waals surface area (Å²) in [7, 11) is -3.53. The number of piperidine rings is 1. The summed E-state index contributed by atoms with van der Waals surface area (Å²) in [6, 6.07) is 3.35. The molecule has 2 N–H and O–H groups in total. The highest BCUT2D eigenvalue weighted by molar-refractivity contribution is 7.90. The second-order valence-corrected chi connectivity index (χ2v) is 12.8. The van der Waals surface area contributed by atoms with Crippen LogP contribution in [0.4, 0.5) is 30.5 Å². The van der Waals surface area contributed by atoms with Gasteiger partial charge in [0.05, 0.1) is 51.8 Å². The fourth-order valence-electron chi connectivity index (χ4n) is 4.74. The summed E-state index contributed by atoms with van der Waals surface area (Å²) in [5.74, 6) is 6.65. The minimum absolute atomic E-state index is 0.0814. The van der Waals surface area contributed by atoms with Crippen LogP contribution < -0.4 is 10.2 Å². The van der Waals surface area contributed by atoms with Crippen LogP contribution in [-0.2, 0) is 16.3 Å². The monoisotopic (exact) mass is 613 g/mol. The van der Waals surface area contributed by atoms with E-state index in [1.807, 2.05) is 4.90 Å². The molecule has 1 atom stereocenters. The zero-order valence-corrected chi connectivity index (χ0v) is 23.6. The van der Waals surface area contributed by atoms with Gasteiger partial charge in [-0.05, 0) is 38.7 Å². The summed E-state index contributed by atoms with van der Waals surface area (Å²) < 4.78 is 64.7. The lowest BCUT2D eigenvalue weighted by atomic mass is 9.94. The standard InChI is InChI=1S/C27H26F3N9O3S/c1-26(40)8-2-10-37(17-26)22-11-24(32-13-19(22)4-3-18-12-33-38(15-18)27(28,29)30)35-23-7-9-31-25(36-23)20-14-34-39(16-20)43(41,42)21-5-6-21/h7,9,11-16,21,40H,2,5-6,8,10,17H2,1H3,(H,31,32,35,36)/t26-/m0/s1. The summed E-state index contributed by atoms with van der Waals surface area (Å²) in [4.78, 5) is 15.1. The van der Waals surface area contributed by atoms with Crippen LogP contribution in [0.1, 0.15) is 43.7 Å². The van der Waals surface area contributed by atoms with Crippen LogP contribution in [0.15, 0.2) is 49.3 Å². The van der Waals surface area contributed by atoms with E-state index in [9.17, 15) is 26.7 Å². The Hall–Kier alpha value is -4.49. The Labute approximate surface area is 244 Å². The molecule has 1 saturated heterocycles. The lowest BCUT2D eigenvalue weighted by molar-refractivity contribution is -0.212. The average Bonchev–Trinajstić information content (AvgIpc) is 3.49. The van der Waals surface area contributed by atoms with Crippen LogP contribution in [0.5, 0.6) is 0 Å². The topological polar surface area (TPSA) is 144 Å². The largest absolute Gasteiger partial charge is 0.504 e. The third kappa shape index (κ3) is 6.32. The van der Waals surface area contributed by atoms with Crippen molar-refractivity contribution in [2.24, 2.45) is 0 Å². The number of hydrogen-bond acceptors (Lipinski definition) is 10. The second kappa shape index (κ2) is 10.7. The Morgan fingerprint density at radius 3 is 2.63 bits per heavy atom. The number of β-amino-alcohol motifs (C(OH)–C–C–N with tert-alkyl or cyclic N) is 1. The van der Waals surface area contributed by atoms with Crippen molar-refractivity contribution >= 4 is 27.3 Å². The van der Waals surface area contributed by atoms with Crippen molar-refractivity contribution in [3.05, 3.63) is 60.4 Å². The second-order valence-electron chi connectivity index (χ2n) is 10.7. The summed E-state index contributed by atoms with van der Waals surface area (Å²) >= 11 is 0. The number of alkyl halides is 3. The molecule has 6 rings (SSSR count). The first-order chi connectivity index (χ1) is 20.4.